The van der Waals surface area contributed by atoms with Crippen LogP contribution in [-0.4, -0.2) is 38.2 Å². The zero-order valence-corrected chi connectivity index (χ0v) is 19.1. The molecule has 0 saturated carbocycles. The third kappa shape index (κ3) is 5.93. The number of anilines is 2. The van der Waals surface area contributed by atoms with E-state index < -0.39 is 5.92 Å². The zero-order valence-electron chi connectivity index (χ0n) is 19.1. The van der Waals surface area contributed by atoms with Crippen molar-refractivity contribution in [1.29, 1.82) is 0 Å². The van der Waals surface area contributed by atoms with Crippen molar-refractivity contribution < 1.29 is 23.8 Å². The van der Waals surface area contributed by atoms with Gasteiger partial charge in [-0.3, -0.25) is 9.59 Å². The van der Waals surface area contributed by atoms with E-state index in [9.17, 15) is 9.59 Å². The van der Waals surface area contributed by atoms with Crippen LogP contribution in [0, 0.1) is 5.92 Å². The van der Waals surface area contributed by atoms with Crippen LogP contribution in [0.1, 0.15) is 40.0 Å². The molecule has 0 aliphatic carbocycles. The minimum absolute atomic E-state index is 0.0652. The first kappa shape index (κ1) is 23.4. The number of carbonyl (C=O) groups excluding carboxylic acids is 2. The lowest BCUT2D eigenvalue weighted by atomic mass is 10.1. The molecule has 1 unspecified atom stereocenters. The summed E-state index contributed by atoms with van der Waals surface area (Å²) in [7, 11) is 0. The molecule has 1 saturated heterocycles. The van der Waals surface area contributed by atoms with Gasteiger partial charge in [0.05, 0.1) is 25.7 Å². The summed E-state index contributed by atoms with van der Waals surface area (Å²) in [6, 6.07) is 12.7. The van der Waals surface area contributed by atoms with Crippen LogP contribution in [0.2, 0.25) is 0 Å². The molecule has 0 aromatic heterocycles. The Labute approximate surface area is 189 Å². The van der Waals surface area contributed by atoms with Gasteiger partial charge in [-0.2, -0.15) is 0 Å². The first-order valence-electron chi connectivity index (χ1n) is 11.3. The van der Waals surface area contributed by atoms with Gasteiger partial charge in [0.1, 0.15) is 5.75 Å². The van der Waals surface area contributed by atoms with Crippen LogP contribution in [-0.2, 0) is 9.59 Å². The summed E-state index contributed by atoms with van der Waals surface area (Å²) in [5.74, 6) is 1.35. The fourth-order valence-electron chi connectivity index (χ4n) is 3.51. The van der Waals surface area contributed by atoms with E-state index in [0.29, 0.717) is 43.6 Å². The molecule has 1 aliphatic heterocycles. The van der Waals surface area contributed by atoms with Crippen LogP contribution in [0.3, 0.4) is 0 Å². The molecule has 172 valence electrons. The number of nitrogens with zero attached hydrogens (tertiary/aromatic N) is 1. The maximum atomic E-state index is 12.9. The Kier molecular flexibility index (Phi) is 8.36. The predicted octanol–water partition coefficient (Wildman–Crippen LogP) is 4.65. The van der Waals surface area contributed by atoms with Crippen molar-refractivity contribution in [2.75, 3.05) is 36.6 Å². The second kappa shape index (κ2) is 11.4. The van der Waals surface area contributed by atoms with Crippen LogP contribution in [0.25, 0.3) is 0 Å². The highest BCUT2D eigenvalue weighted by atomic mass is 16.5. The standard InChI is InChI=1S/C25H32N2O5/c1-4-13-31-22-12-7-19(16-23(22)32-14-5-2)26-25(29)18-15-24(28)27(17-18)20-8-10-21(11-9-20)30-6-3/h7-12,16,18H,4-6,13-15,17H2,1-3H3,(H,26,29). The fourth-order valence-corrected chi connectivity index (χ4v) is 3.51. The Morgan fingerprint density at radius 2 is 1.66 bits per heavy atom. The summed E-state index contributed by atoms with van der Waals surface area (Å²) >= 11 is 0. The number of amides is 2. The van der Waals surface area contributed by atoms with Crippen molar-refractivity contribution in [3.05, 3.63) is 42.5 Å². The van der Waals surface area contributed by atoms with E-state index in [2.05, 4.69) is 5.32 Å². The van der Waals surface area contributed by atoms with Gasteiger partial charge in [-0.25, -0.2) is 0 Å². The molecule has 7 heteroatoms. The van der Waals surface area contributed by atoms with E-state index in [4.69, 9.17) is 14.2 Å². The maximum Gasteiger partial charge on any atom is 0.229 e. The molecule has 0 bridgehead atoms. The Bertz CT molecular complexity index is 913. The van der Waals surface area contributed by atoms with Gasteiger partial charge in [-0.05, 0) is 56.2 Å². The van der Waals surface area contributed by atoms with Crippen LogP contribution >= 0.6 is 0 Å². The molecule has 1 N–H and O–H groups in total. The van der Waals surface area contributed by atoms with Gasteiger partial charge in [-0.15, -0.1) is 0 Å². The highest BCUT2D eigenvalue weighted by Gasteiger charge is 2.35. The van der Waals surface area contributed by atoms with Gasteiger partial charge in [0.15, 0.2) is 11.5 Å². The Morgan fingerprint density at radius 1 is 0.969 bits per heavy atom. The van der Waals surface area contributed by atoms with E-state index >= 15 is 0 Å². The molecule has 2 amide bonds. The molecule has 32 heavy (non-hydrogen) atoms. The molecular weight excluding hydrogens is 408 g/mol. The van der Waals surface area contributed by atoms with E-state index in [1.165, 1.54) is 0 Å². The van der Waals surface area contributed by atoms with Crippen LogP contribution in [0.15, 0.2) is 42.5 Å². The number of nitrogens with one attached hydrogen (secondary N) is 1. The summed E-state index contributed by atoms with van der Waals surface area (Å²) in [6.45, 7) is 8.09. The zero-order chi connectivity index (χ0) is 22.9. The van der Waals surface area contributed by atoms with Crippen molar-refractivity contribution in [2.45, 2.75) is 40.0 Å². The van der Waals surface area contributed by atoms with Crippen molar-refractivity contribution in [2.24, 2.45) is 5.92 Å². The summed E-state index contributed by atoms with van der Waals surface area (Å²) in [6.07, 6.45) is 1.94. The van der Waals surface area contributed by atoms with E-state index in [-0.39, 0.29) is 18.2 Å². The number of carbonyl (C=O) groups is 2. The quantitative estimate of drug-likeness (QED) is 0.550. The van der Waals surface area contributed by atoms with Gasteiger partial charge in [0.25, 0.3) is 0 Å². The number of ether oxygens (including phenoxy) is 3. The van der Waals surface area contributed by atoms with Gasteiger partial charge >= 0.3 is 0 Å². The predicted molar refractivity (Wildman–Crippen MR) is 125 cm³/mol. The third-order valence-corrected chi connectivity index (χ3v) is 5.09. The van der Waals surface area contributed by atoms with Gasteiger partial charge in [-0.1, -0.05) is 13.8 Å². The van der Waals surface area contributed by atoms with Crippen molar-refractivity contribution in [3.8, 4) is 17.2 Å². The smallest absolute Gasteiger partial charge is 0.229 e. The van der Waals surface area contributed by atoms with Crippen LogP contribution < -0.4 is 24.4 Å². The maximum absolute atomic E-state index is 12.9. The SMILES string of the molecule is CCCOc1ccc(NC(=O)C2CC(=O)N(c3ccc(OCC)cc3)C2)cc1OCCC. The normalized spacial score (nSPS) is 15.5. The Hall–Kier alpha value is -3.22. The molecule has 1 heterocycles. The Balaban J connectivity index is 1.65. The number of benzene rings is 2. The minimum Gasteiger partial charge on any atom is -0.494 e. The summed E-state index contributed by atoms with van der Waals surface area (Å²) < 4.78 is 17.0. The lowest BCUT2D eigenvalue weighted by Crippen LogP contribution is -2.28. The average Bonchev–Trinajstić information content (AvgIpc) is 3.19. The molecule has 7 nitrogen and oxygen atoms in total. The average molecular weight is 441 g/mol. The molecule has 0 spiro atoms. The molecule has 1 fully saturated rings. The molecule has 0 radical (unpaired) electrons. The van der Waals surface area contributed by atoms with Crippen molar-refractivity contribution in [1.82, 2.24) is 0 Å². The first-order chi connectivity index (χ1) is 15.5. The first-order valence-corrected chi connectivity index (χ1v) is 11.3. The molecular formula is C25H32N2O5. The lowest BCUT2D eigenvalue weighted by molar-refractivity contribution is -0.122. The molecule has 2 aromatic carbocycles. The van der Waals surface area contributed by atoms with Crippen LogP contribution in [0.5, 0.6) is 17.2 Å². The highest BCUT2D eigenvalue weighted by molar-refractivity contribution is 6.03. The third-order valence-electron chi connectivity index (χ3n) is 5.09. The highest BCUT2D eigenvalue weighted by Crippen LogP contribution is 2.32. The summed E-state index contributed by atoms with van der Waals surface area (Å²) in [5, 5.41) is 2.93. The largest absolute Gasteiger partial charge is 0.494 e. The molecule has 2 aromatic rings. The van der Waals surface area contributed by atoms with Crippen molar-refractivity contribution in [3.63, 3.8) is 0 Å². The second-order valence-corrected chi connectivity index (χ2v) is 7.68. The topological polar surface area (TPSA) is 77.1 Å². The number of hydrogen-bond acceptors (Lipinski definition) is 5. The fraction of sp³-hybridized carbons (Fsp3) is 0.440. The van der Waals surface area contributed by atoms with E-state index in [0.717, 1.165) is 24.3 Å². The van der Waals surface area contributed by atoms with E-state index in [1.54, 1.807) is 17.0 Å². The molecule has 1 atom stereocenters. The molecule has 1 aliphatic rings. The van der Waals surface area contributed by atoms with Gasteiger partial charge in [0.2, 0.25) is 11.8 Å². The van der Waals surface area contributed by atoms with Crippen LogP contribution in [0.4, 0.5) is 11.4 Å². The summed E-state index contributed by atoms with van der Waals surface area (Å²) in [5.41, 5.74) is 1.39. The number of hydrogen-bond donors (Lipinski definition) is 1. The monoisotopic (exact) mass is 440 g/mol. The summed E-state index contributed by atoms with van der Waals surface area (Å²) in [4.78, 5) is 27.1. The van der Waals surface area contributed by atoms with Gasteiger partial charge in [0, 0.05) is 30.4 Å². The molecule has 3 rings (SSSR count). The van der Waals surface area contributed by atoms with Gasteiger partial charge < -0.3 is 24.4 Å². The lowest BCUT2D eigenvalue weighted by Gasteiger charge is -2.18. The van der Waals surface area contributed by atoms with E-state index in [1.807, 2.05) is 51.1 Å². The number of rotatable bonds is 11. The van der Waals surface area contributed by atoms with Crippen molar-refractivity contribution >= 4 is 23.2 Å². The minimum atomic E-state index is -0.426. The second-order valence-electron chi connectivity index (χ2n) is 7.68. The Morgan fingerprint density at radius 3 is 2.31 bits per heavy atom.